The van der Waals surface area contributed by atoms with Crippen molar-refractivity contribution in [3.05, 3.63) is 23.3 Å². The van der Waals surface area contributed by atoms with Crippen molar-refractivity contribution in [2.75, 3.05) is 14.2 Å². The molecule has 21 heavy (non-hydrogen) atoms. The van der Waals surface area contributed by atoms with E-state index < -0.39 is 12.1 Å². The van der Waals surface area contributed by atoms with Crippen LogP contribution in [-0.4, -0.2) is 43.0 Å². The highest BCUT2D eigenvalue weighted by Gasteiger charge is 2.41. The van der Waals surface area contributed by atoms with E-state index in [-0.39, 0.29) is 11.8 Å². The summed E-state index contributed by atoms with van der Waals surface area (Å²) in [5.74, 6) is 1.14. The van der Waals surface area contributed by atoms with Gasteiger partial charge in [-0.15, -0.1) is 0 Å². The maximum absolute atomic E-state index is 12.2. The number of nitrogens with one attached hydrogen (secondary N) is 1. The first-order chi connectivity index (χ1) is 10.0. The van der Waals surface area contributed by atoms with Gasteiger partial charge in [0, 0.05) is 13.0 Å². The summed E-state index contributed by atoms with van der Waals surface area (Å²) >= 11 is 0. The van der Waals surface area contributed by atoms with Crippen LogP contribution in [0.25, 0.3) is 0 Å². The third-order valence-electron chi connectivity index (χ3n) is 4.15. The fraction of sp³-hybridized carbons (Fsp3) is 0.467. The predicted octanol–water partition coefficient (Wildman–Crippen LogP) is 0.475. The van der Waals surface area contributed by atoms with E-state index in [9.17, 15) is 9.59 Å². The summed E-state index contributed by atoms with van der Waals surface area (Å²) in [7, 11) is 3.16. The van der Waals surface area contributed by atoms with Crippen LogP contribution in [0.15, 0.2) is 12.1 Å². The molecule has 1 aromatic rings. The van der Waals surface area contributed by atoms with Crippen molar-refractivity contribution in [3.8, 4) is 11.5 Å². The van der Waals surface area contributed by atoms with Gasteiger partial charge in [-0.2, -0.15) is 0 Å². The molecule has 0 aliphatic carbocycles. The lowest BCUT2D eigenvalue weighted by atomic mass is 9.90. The standard InChI is InChI=1S/C15H18N2O4/c1-8-15(19)17-7-10-6-13(21-3)12(20-2)5-9(10)4-11(17)14(18)16-8/h5-6,8,11H,4,7H2,1-3H3,(H,16,18)/t8-,11+/m1/s1. The summed E-state index contributed by atoms with van der Waals surface area (Å²) in [4.78, 5) is 26.0. The van der Waals surface area contributed by atoms with Crippen molar-refractivity contribution in [3.63, 3.8) is 0 Å². The second-order valence-corrected chi connectivity index (χ2v) is 5.39. The van der Waals surface area contributed by atoms with Gasteiger partial charge in [-0.1, -0.05) is 0 Å². The fourth-order valence-electron chi connectivity index (χ4n) is 3.00. The quantitative estimate of drug-likeness (QED) is 0.860. The zero-order chi connectivity index (χ0) is 15.1. The second-order valence-electron chi connectivity index (χ2n) is 5.39. The molecule has 0 radical (unpaired) electrons. The van der Waals surface area contributed by atoms with E-state index in [1.54, 1.807) is 26.0 Å². The average molecular weight is 290 g/mol. The summed E-state index contributed by atoms with van der Waals surface area (Å²) in [5.41, 5.74) is 2.02. The van der Waals surface area contributed by atoms with E-state index >= 15 is 0 Å². The van der Waals surface area contributed by atoms with Crippen molar-refractivity contribution in [2.45, 2.75) is 32.0 Å². The summed E-state index contributed by atoms with van der Waals surface area (Å²) in [6.45, 7) is 2.14. The summed E-state index contributed by atoms with van der Waals surface area (Å²) < 4.78 is 10.6. The Morgan fingerprint density at radius 3 is 2.38 bits per heavy atom. The molecule has 0 saturated carbocycles. The third kappa shape index (κ3) is 2.11. The van der Waals surface area contributed by atoms with E-state index in [1.165, 1.54) is 0 Å². The second kappa shape index (κ2) is 4.95. The number of ether oxygens (including phenoxy) is 2. The van der Waals surface area contributed by atoms with Crippen LogP contribution in [0.2, 0.25) is 0 Å². The number of piperazine rings is 1. The highest BCUT2D eigenvalue weighted by Crippen LogP contribution is 2.35. The van der Waals surface area contributed by atoms with Crippen LogP contribution in [0, 0.1) is 0 Å². The van der Waals surface area contributed by atoms with Crippen molar-refractivity contribution >= 4 is 11.8 Å². The first-order valence-corrected chi connectivity index (χ1v) is 6.89. The Kier molecular flexibility index (Phi) is 3.23. The third-order valence-corrected chi connectivity index (χ3v) is 4.15. The minimum atomic E-state index is -0.463. The van der Waals surface area contributed by atoms with Crippen LogP contribution in [0.1, 0.15) is 18.1 Å². The van der Waals surface area contributed by atoms with E-state index in [0.717, 1.165) is 11.1 Å². The van der Waals surface area contributed by atoms with Gasteiger partial charge in [0.1, 0.15) is 12.1 Å². The Bertz CT molecular complexity index is 614. The lowest BCUT2D eigenvalue weighted by Crippen LogP contribution is -2.63. The van der Waals surface area contributed by atoms with E-state index in [4.69, 9.17) is 9.47 Å². The minimum absolute atomic E-state index is 0.0416. The highest BCUT2D eigenvalue weighted by atomic mass is 16.5. The Morgan fingerprint density at radius 2 is 1.76 bits per heavy atom. The first kappa shape index (κ1) is 13.7. The van der Waals surface area contributed by atoms with Gasteiger partial charge in [0.2, 0.25) is 11.8 Å². The van der Waals surface area contributed by atoms with Gasteiger partial charge in [-0.05, 0) is 30.2 Å². The smallest absolute Gasteiger partial charge is 0.245 e. The zero-order valence-corrected chi connectivity index (χ0v) is 12.3. The van der Waals surface area contributed by atoms with Crippen molar-refractivity contribution in [2.24, 2.45) is 0 Å². The van der Waals surface area contributed by atoms with Crippen LogP contribution in [-0.2, 0) is 22.6 Å². The van der Waals surface area contributed by atoms with E-state index in [1.807, 2.05) is 12.1 Å². The molecule has 112 valence electrons. The van der Waals surface area contributed by atoms with Crippen molar-refractivity contribution < 1.29 is 19.1 Å². The molecule has 2 atom stereocenters. The average Bonchev–Trinajstić information content (AvgIpc) is 2.49. The molecule has 2 aliphatic rings. The van der Waals surface area contributed by atoms with Crippen molar-refractivity contribution in [1.29, 1.82) is 0 Å². The maximum Gasteiger partial charge on any atom is 0.245 e. The lowest BCUT2D eigenvalue weighted by molar-refractivity contribution is -0.150. The van der Waals surface area contributed by atoms with Crippen LogP contribution in [0.3, 0.4) is 0 Å². The SMILES string of the molecule is COc1cc2c(cc1OC)CN1C(=O)[C@@H](C)NC(=O)[C@@H]1C2. The highest BCUT2D eigenvalue weighted by molar-refractivity contribution is 5.97. The number of benzene rings is 1. The Morgan fingerprint density at radius 1 is 1.14 bits per heavy atom. The van der Waals surface area contributed by atoms with Gasteiger partial charge < -0.3 is 19.7 Å². The lowest BCUT2D eigenvalue weighted by Gasteiger charge is -2.41. The number of hydrogen-bond acceptors (Lipinski definition) is 4. The molecule has 0 spiro atoms. The molecule has 0 aromatic heterocycles. The summed E-state index contributed by atoms with van der Waals surface area (Å²) in [6, 6.07) is 2.88. The number of amides is 2. The fourth-order valence-corrected chi connectivity index (χ4v) is 3.00. The zero-order valence-electron chi connectivity index (χ0n) is 12.3. The minimum Gasteiger partial charge on any atom is -0.493 e. The molecule has 1 N–H and O–H groups in total. The molecule has 6 nitrogen and oxygen atoms in total. The van der Waals surface area contributed by atoms with Crippen LogP contribution >= 0.6 is 0 Å². The Labute approximate surface area is 123 Å². The largest absolute Gasteiger partial charge is 0.493 e. The van der Waals surface area contributed by atoms with Gasteiger partial charge in [0.15, 0.2) is 11.5 Å². The molecule has 6 heteroatoms. The van der Waals surface area contributed by atoms with Gasteiger partial charge in [0.25, 0.3) is 0 Å². The number of carbonyl (C=O) groups excluding carboxylic acids is 2. The van der Waals surface area contributed by atoms with Crippen LogP contribution in [0.5, 0.6) is 11.5 Å². The number of hydrogen-bond donors (Lipinski definition) is 1. The summed E-state index contributed by atoms with van der Waals surface area (Å²) in [5, 5.41) is 2.72. The van der Waals surface area contributed by atoms with Gasteiger partial charge >= 0.3 is 0 Å². The molecular formula is C15H18N2O4. The van der Waals surface area contributed by atoms with E-state index in [2.05, 4.69) is 5.32 Å². The van der Waals surface area contributed by atoms with Gasteiger partial charge in [0.05, 0.1) is 14.2 Å². The van der Waals surface area contributed by atoms with Crippen molar-refractivity contribution in [1.82, 2.24) is 10.2 Å². The molecule has 1 saturated heterocycles. The molecule has 1 aromatic carbocycles. The number of carbonyl (C=O) groups is 2. The van der Waals surface area contributed by atoms with Gasteiger partial charge in [-0.25, -0.2) is 0 Å². The number of rotatable bonds is 2. The number of nitrogens with zero attached hydrogens (tertiary/aromatic N) is 1. The molecule has 0 unspecified atom stereocenters. The van der Waals surface area contributed by atoms with Crippen LogP contribution < -0.4 is 14.8 Å². The normalized spacial score (nSPS) is 24.0. The topological polar surface area (TPSA) is 67.9 Å². The number of methoxy groups -OCH3 is 2. The first-order valence-electron chi connectivity index (χ1n) is 6.89. The van der Waals surface area contributed by atoms with Crippen LogP contribution in [0.4, 0.5) is 0 Å². The molecule has 2 aliphatic heterocycles. The Hall–Kier alpha value is -2.24. The molecule has 2 amide bonds. The molecule has 1 fully saturated rings. The molecular weight excluding hydrogens is 272 g/mol. The molecule has 0 bridgehead atoms. The molecule has 3 rings (SSSR count). The predicted molar refractivity (Wildman–Crippen MR) is 75.2 cm³/mol. The van der Waals surface area contributed by atoms with Gasteiger partial charge in [-0.3, -0.25) is 9.59 Å². The monoisotopic (exact) mass is 290 g/mol. The molecule has 2 heterocycles. The maximum atomic E-state index is 12.2. The van der Waals surface area contributed by atoms with E-state index in [0.29, 0.717) is 24.5 Å². The summed E-state index contributed by atoms with van der Waals surface area (Å²) in [6.07, 6.45) is 0.500. The Balaban J connectivity index is 2.01. The number of fused-ring (bicyclic) bond motifs is 2.